The van der Waals surface area contributed by atoms with Gasteiger partial charge in [0.15, 0.2) is 0 Å². The molecule has 170 valence electrons. The van der Waals surface area contributed by atoms with Crippen molar-refractivity contribution in [1.82, 2.24) is 10.2 Å². The van der Waals surface area contributed by atoms with Crippen LogP contribution in [0.25, 0.3) is 0 Å². The van der Waals surface area contributed by atoms with Crippen molar-refractivity contribution in [2.75, 3.05) is 31.6 Å². The van der Waals surface area contributed by atoms with Gasteiger partial charge in [-0.05, 0) is 62.1 Å². The van der Waals surface area contributed by atoms with Gasteiger partial charge in [-0.3, -0.25) is 9.69 Å². The summed E-state index contributed by atoms with van der Waals surface area (Å²) in [7, 11) is 1.63. The molecule has 0 aromatic heterocycles. The molecular weight excluding hydrogens is 406 g/mol. The maximum absolute atomic E-state index is 13.4. The molecule has 2 heterocycles. The minimum Gasteiger partial charge on any atom is -0.497 e. The zero-order valence-electron chi connectivity index (χ0n) is 19.0. The average molecular weight is 438 g/mol. The van der Waals surface area contributed by atoms with E-state index in [-0.39, 0.29) is 24.0 Å². The summed E-state index contributed by atoms with van der Waals surface area (Å²) in [5.41, 5.74) is 2.89. The van der Waals surface area contributed by atoms with E-state index in [1.54, 1.807) is 12.0 Å². The second-order valence-corrected chi connectivity index (χ2v) is 8.64. The lowest BCUT2D eigenvalue weighted by Gasteiger charge is -2.39. The van der Waals surface area contributed by atoms with Crippen molar-refractivity contribution < 1.29 is 19.1 Å². The summed E-state index contributed by atoms with van der Waals surface area (Å²) in [6.45, 7) is 6.02. The Morgan fingerprint density at radius 1 is 1.16 bits per heavy atom. The molecule has 2 aliphatic rings. The van der Waals surface area contributed by atoms with Gasteiger partial charge in [0.2, 0.25) is 5.91 Å². The molecule has 0 aliphatic carbocycles. The number of rotatable bonds is 4. The third-order valence-corrected chi connectivity index (χ3v) is 6.09. The number of likely N-dealkylation sites (tertiary alicyclic amines) is 1. The highest BCUT2D eigenvalue weighted by atomic mass is 16.5. The predicted octanol–water partition coefficient (Wildman–Crippen LogP) is 3.74. The Hall–Kier alpha value is -3.22. The molecule has 0 spiro atoms. The van der Waals surface area contributed by atoms with Crippen LogP contribution in [0.15, 0.2) is 42.5 Å². The fraction of sp³-hybridized carbons (Fsp3) is 0.440. The van der Waals surface area contributed by atoms with E-state index in [0.29, 0.717) is 26.2 Å². The van der Waals surface area contributed by atoms with E-state index in [9.17, 15) is 9.59 Å². The van der Waals surface area contributed by atoms with Crippen molar-refractivity contribution in [2.45, 2.75) is 39.3 Å². The SMILES string of the molecule is COc1ccc(CNC(=O)[C@@H]2CCCN(C(=O)N3C[C@H](C)Oc4ccc(C)cc43)C2)cc1. The van der Waals surface area contributed by atoms with E-state index in [0.717, 1.165) is 41.2 Å². The van der Waals surface area contributed by atoms with Crippen molar-refractivity contribution in [3.8, 4) is 11.5 Å². The summed E-state index contributed by atoms with van der Waals surface area (Å²) >= 11 is 0. The average Bonchev–Trinajstić information content (AvgIpc) is 2.82. The van der Waals surface area contributed by atoms with Crippen LogP contribution < -0.4 is 19.7 Å². The summed E-state index contributed by atoms with van der Waals surface area (Å²) in [5, 5.41) is 3.02. The Labute approximate surface area is 189 Å². The van der Waals surface area contributed by atoms with E-state index in [1.807, 2.05) is 61.2 Å². The van der Waals surface area contributed by atoms with E-state index >= 15 is 0 Å². The molecule has 0 radical (unpaired) electrons. The molecule has 0 saturated carbocycles. The number of hydrogen-bond acceptors (Lipinski definition) is 4. The first-order valence-corrected chi connectivity index (χ1v) is 11.2. The van der Waals surface area contributed by atoms with Gasteiger partial charge in [-0.1, -0.05) is 18.2 Å². The molecular formula is C25H31N3O4. The highest BCUT2D eigenvalue weighted by Gasteiger charge is 2.34. The number of carbonyl (C=O) groups excluding carboxylic acids is 2. The summed E-state index contributed by atoms with van der Waals surface area (Å²) < 4.78 is 11.1. The van der Waals surface area contributed by atoms with Crippen LogP contribution in [-0.4, -0.2) is 49.7 Å². The Morgan fingerprint density at radius 3 is 2.69 bits per heavy atom. The molecule has 7 heteroatoms. The highest BCUT2D eigenvalue weighted by molar-refractivity contribution is 5.95. The second-order valence-electron chi connectivity index (χ2n) is 8.64. The second kappa shape index (κ2) is 9.51. The molecule has 2 aromatic carbocycles. The number of anilines is 1. The normalized spacial score (nSPS) is 20.2. The van der Waals surface area contributed by atoms with Crippen LogP contribution in [0.5, 0.6) is 11.5 Å². The topological polar surface area (TPSA) is 71.1 Å². The van der Waals surface area contributed by atoms with Crippen molar-refractivity contribution in [3.05, 3.63) is 53.6 Å². The standard InChI is InChI=1S/C25H31N3O4/c1-17-6-11-23-22(13-17)28(15-18(2)32-23)25(30)27-12-4-5-20(16-27)24(29)26-14-19-7-9-21(31-3)10-8-19/h6-11,13,18,20H,4-5,12,14-16H2,1-3H3,(H,26,29)/t18-,20+/m0/s1. The molecule has 1 N–H and O–H groups in total. The van der Waals surface area contributed by atoms with Gasteiger partial charge in [0, 0.05) is 19.6 Å². The number of piperidine rings is 1. The summed E-state index contributed by atoms with van der Waals surface area (Å²) in [4.78, 5) is 29.9. The quantitative estimate of drug-likeness (QED) is 0.791. The van der Waals surface area contributed by atoms with Gasteiger partial charge in [0.1, 0.15) is 17.6 Å². The van der Waals surface area contributed by atoms with Gasteiger partial charge in [-0.15, -0.1) is 0 Å². The highest BCUT2D eigenvalue weighted by Crippen LogP contribution is 2.35. The minimum atomic E-state index is -0.207. The molecule has 2 aromatic rings. The van der Waals surface area contributed by atoms with Gasteiger partial charge in [0.25, 0.3) is 0 Å². The molecule has 32 heavy (non-hydrogen) atoms. The van der Waals surface area contributed by atoms with E-state index in [2.05, 4.69) is 5.32 Å². The molecule has 7 nitrogen and oxygen atoms in total. The molecule has 1 fully saturated rings. The fourth-order valence-corrected chi connectivity index (χ4v) is 4.34. The monoisotopic (exact) mass is 437 g/mol. The van der Waals surface area contributed by atoms with Gasteiger partial charge < -0.3 is 19.7 Å². The van der Waals surface area contributed by atoms with Gasteiger partial charge >= 0.3 is 6.03 Å². The van der Waals surface area contributed by atoms with Crippen LogP contribution >= 0.6 is 0 Å². The van der Waals surface area contributed by atoms with Gasteiger partial charge in [0.05, 0.1) is 25.3 Å². The van der Waals surface area contributed by atoms with Crippen LogP contribution in [0.4, 0.5) is 10.5 Å². The zero-order valence-corrected chi connectivity index (χ0v) is 19.0. The number of benzene rings is 2. The number of fused-ring (bicyclic) bond motifs is 1. The third-order valence-electron chi connectivity index (χ3n) is 6.09. The van der Waals surface area contributed by atoms with E-state index < -0.39 is 0 Å². The van der Waals surface area contributed by atoms with E-state index in [4.69, 9.17) is 9.47 Å². The van der Waals surface area contributed by atoms with Crippen molar-refractivity contribution in [3.63, 3.8) is 0 Å². The Morgan fingerprint density at radius 2 is 1.94 bits per heavy atom. The number of nitrogens with zero attached hydrogens (tertiary/aromatic N) is 2. The fourth-order valence-electron chi connectivity index (χ4n) is 4.34. The molecule has 3 amide bonds. The van der Waals surface area contributed by atoms with Gasteiger partial charge in [-0.25, -0.2) is 4.79 Å². The summed E-state index contributed by atoms with van der Waals surface area (Å²) in [6.07, 6.45) is 1.52. The molecule has 2 aliphatic heterocycles. The maximum atomic E-state index is 13.4. The number of aryl methyl sites for hydroxylation is 1. The Balaban J connectivity index is 1.39. The van der Waals surface area contributed by atoms with Crippen molar-refractivity contribution in [1.29, 1.82) is 0 Å². The summed E-state index contributed by atoms with van der Waals surface area (Å²) in [5.74, 6) is 1.30. The number of amides is 3. The molecule has 0 unspecified atom stereocenters. The first kappa shape index (κ1) is 22.0. The molecule has 2 atom stereocenters. The maximum Gasteiger partial charge on any atom is 0.324 e. The number of urea groups is 1. The third kappa shape index (κ3) is 4.82. The van der Waals surface area contributed by atoms with E-state index in [1.165, 1.54) is 0 Å². The number of carbonyl (C=O) groups is 2. The largest absolute Gasteiger partial charge is 0.497 e. The predicted molar refractivity (Wildman–Crippen MR) is 123 cm³/mol. The van der Waals surface area contributed by atoms with Crippen molar-refractivity contribution >= 4 is 17.6 Å². The minimum absolute atomic E-state index is 0.00934. The van der Waals surface area contributed by atoms with Crippen LogP contribution in [-0.2, 0) is 11.3 Å². The lowest BCUT2D eigenvalue weighted by atomic mass is 9.97. The van der Waals surface area contributed by atoms with Crippen LogP contribution in [0.2, 0.25) is 0 Å². The lowest BCUT2D eigenvalue weighted by Crippen LogP contribution is -2.53. The first-order chi connectivity index (χ1) is 15.4. The molecule has 0 bridgehead atoms. The number of nitrogens with one attached hydrogen (secondary N) is 1. The Kier molecular flexibility index (Phi) is 6.53. The van der Waals surface area contributed by atoms with Crippen LogP contribution in [0.3, 0.4) is 0 Å². The molecule has 1 saturated heterocycles. The first-order valence-electron chi connectivity index (χ1n) is 11.2. The number of ether oxygens (including phenoxy) is 2. The molecule has 4 rings (SSSR count). The van der Waals surface area contributed by atoms with Crippen LogP contribution in [0.1, 0.15) is 30.9 Å². The lowest BCUT2D eigenvalue weighted by molar-refractivity contribution is -0.126. The van der Waals surface area contributed by atoms with Crippen LogP contribution in [0, 0.1) is 12.8 Å². The van der Waals surface area contributed by atoms with Gasteiger partial charge in [-0.2, -0.15) is 0 Å². The smallest absolute Gasteiger partial charge is 0.324 e. The zero-order chi connectivity index (χ0) is 22.7. The Bertz CT molecular complexity index is 976. The number of hydrogen-bond donors (Lipinski definition) is 1. The van der Waals surface area contributed by atoms with Crippen molar-refractivity contribution in [2.24, 2.45) is 5.92 Å². The number of methoxy groups -OCH3 is 1. The summed E-state index contributed by atoms with van der Waals surface area (Å²) in [6, 6.07) is 13.5.